The number of carbonyl (C=O) groups excluding carboxylic acids is 2. The number of hydrogen-bond acceptors (Lipinski definition) is 4. The summed E-state index contributed by atoms with van der Waals surface area (Å²) in [6, 6.07) is 12.3. The number of benzene rings is 2. The SMILES string of the molecule is CN1C(=O)c2cccnc2Sc2cc(NC(=O)c3ccc(F)cc3Cl)ccc21. The summed E-state index contributed by atoms with van der Waals surface area (Å²) in [6.45, 7) is 0. The van der Waals surface area contributed by atoms with Crippen LogP contribution in [0.25, 0.3) is 0 Å². The number of halogens is 2. The number of carbonyl (C=O) groups is 2. The normalized spacial score (nSPS) is 12.8. The maximum absolute atomic E-state index is 13.2. The van der Waals surface area contributed by atoms with Crippen LogP contribution in [0.15, 0.2) is 64.6 Å². The van der Waals surface area contributed by atoms with E-state index < -0.39 is 11.7 Å². The first-order chi connectivity index (χ1) is 13.4. The van der Waals surface area contributed by atoms with Crippen LogP contribution in [-0.4, -0.2) is 23.8 Å². The molecule has 140 valence electrons. The molecule has 0 unspecified atom stereocenters. The van der Waals surface area contributed by atoms with Gasteiger partial charge in [0.2, 0.25) is 0 Å². The molecule has 28 heavy (non-hydrogen) atoms. The topological polar surface area (TPSA) is 62.3 Å². The highest BCUT2D eigenvalue weighted by Gasteiger charge is 2.25. The van der Waals surface area contributed by atoms with Gasteiger partial charge in [-0.1, -0.05) is 23.4 Å². The lowest BCUT2D eigenvalue weighted by molar-refractivity contribution is 0.0987. The van der Waals surface area contributed by atoms with E-state index in [0.717, 1.165) is 11.0 Å². The van der Waals surface area contributed by atoms with E-state index in [1.165, 1.54) is 23.9 Å². The molecule has 0 aliphatic carbocycles. The molecule has 5 nitrogen and oxygen atoms in total. The molecule has 4 rings (SSSR count). The summed E-state index contributed by atoms with van der Waals surface area (Å²) in [4.78, 5) is 31.8. The van der Waals surface area contributed by atoms with Crippen molar-refractivity contribution in [3.63, 3.8) is 0 Å². The zero-order valence-corrected chi connectivity index (χ0v) is 16.1. The maximum Gasteiger partial charge on any atom is 0.260 e. The molecule has 1 aromatic heterocycles. The molecule has 2 heterocycles. The van der Waals surface area contributed by atoms with E-state index >= 15 is 0 Å². The molecular formula is C20H13ClFN3O2S. The number of pyridine rings is 1. The third kappa shape index (κ3) is 3.34. The average Bonchev–Trinajstić information content (AvgIpc) is 2.77. The summed E-state index contributed by atoms with van der Waals surface area (Å²) in [5, 5.41) is 3.39. The van der Waals surface area contributed by atoms with Crippen molar-refractivity contribution < 1.29 is 14.0 Å². The van der Waals surface area contributed by atoms with Crippen molar-refractivity contribution in [1.29, 1.82) is 0 Å². The standard InChI is InChI=1S/C20H13ClFN3O2S/c1-25-16-7-5-12(24-18(26)13-6-4-11(22)9-15(13)21)10-17(16)28-19-14(20(25)27)3-2-8-23-19/h2-10H,1H3,(H,24,26). The quantitative estimate of drug-likeness (QED) is 0.651. The van der Waals surface area contributed by atoms with E-state index in [-0.39, 0.29) is 16.5 Å². The molecule has 8 heteroatoms. The zero-order chi connectivity index (χ0) is 19.8. The minimum atomic E-state index is -0.512. The molecule has 0 atom stereocenters. The van der Waals surface area contributed by atoms with E-state index in [1.54, 1.807) is 48.5 Å². The summed E-state index contributed by atoms with van der Waals surface area (Å²) in [7, 11) is 1.69. The van der Waals surface area contributed by atoms with Crippen molar-refractivity contribution in [2.24, 2.45) is 0 Å². The van der Waals surface area contributed by atoms with Crippen molar-refractivity contribution in [2.75, 3.05) is 17.3 Å². The number of fused-ring (bicyclic) bond motifs is 2. The number of aromatic nitrogens is 1. The fraction of sp³-hybridized carbons (Fsp3) is 0.0500. The molecule has 1 aliphatic heterocycles. The predicted molar refractivity (Wildman–Crippen MR) is 107 cm³/mol. The second kappa shape index (κ2) is 7.26. The van der Waals surface area contributed by atoms with Crippen LogP contribution in [0.1, 0.15) is 20.7 Å². The van der Waals surface area contributed by atoms with E-state index in [4.69, 9.17) is 11.6 Å². The Balaban J connectivity index is 1.67. The molecule has 0 radical (unpaired) electrons. The van der Waals surface area contributed by atoms with Gasteiger partial charge in [0.1, 0.15) is 10.8 Å². The van der Waals surface area contributed by atoms with E-state index in [2.05, 4.69) is 10.3 Å². The molecule has 1 N–H and O–H groups in total. The van der Waals surface area contributed by atoms with E-state index in [1.807, 2.05) is 0 Å². The van der Waals surface area contributed by atoms with Crippen LogP contribution in [0.3, 0.4) is 0 Å². The minimum absolute atomic E-state index is 0.0325. The molecule has 1 aliphatic rings. The predicted octanol–water partition coefficient (Wildman–Crippen LogP) is 4.87. The third-order valence-electron chi connectivity index (χ3n) is 4.27. The number of hydrogen-bond donors (Lipinski definition) is 1. The van der Waals surface area contributed by atoms with Gasteiger partial charge in [0, 0.05) is 23.8 Å². The molecular weight excluding hydrogens is 401 g/mol. The molecule has 0 bridgehead atoms. The van der Waals surface area contributed by atoms with Gasteiger partial charge in [-0.25, -0.2) is 9.37 Å². The summed E-state index contributed by atoms with van der Waals surface area (Å²) in [6.07, 6.45) is 1.63. The zero-order valence-electron chi connectivity index (χ0n) is 14.6. The Morgan fingerprint density at radius 3 is 2.82 bits per heavy atom. The fourth-order valence-corrected chi connectivity index (χ4v) is 4.19. The van der Waals surface area contributed by atoms with E-state index in [0.29, 0.717) is 22.0 Å². The average molecular weight is 414 g/mol. The molecule has 3 aromatic rings. The van der Waals surface area contributed by atoms with Crippen LogP contribution in [-0.2, 0) is 0 Å². The number of amides is 2. The molecule has 2 aromatic carbocycles. The smallest absolute Gasteiger partial charge is 0.260 e. The van der Waals surface area contributed by atoms with E-state index in [9.17, 15) is 14.0 Å². The van der Waals surface area contributed by atoms with Gasteiger partial charge >= 0.3 is 0 Å². The summed E-state index contributed by atoms with van der Waals surface area (Å²) in [5.74, 6) is -1.11. The van der Waals surface area contributed by atoms with Gasteiger partial charge in [-0.2, -0.15) is 0 Å². The van der Waals surface area contributed by atoms with Crippen molar-refractivity contribution >= 4 is 46.6 Å². The lowest BCUT2D eigenvalue weighted by Gasteiger charge is -2.18. The van der Waals surface area contributed by atoms with Crippen molar-refractivity contribution in [3.8, 4) is 0 Å². The molecule has 0 saturated carbocycles. The first-order valence-corrected chi connectivity index (χ1v) is 9.45. The number of nitrogens with one attached hydrogen (secondary N) is 1. The Bertz CT molecular complexity index is 1120. The Labute approximate surface area is 169 Å². The van der Waals surface area contributed by atoms with Crippen LogP contribution in [0.2, 0.25) is 5.02 Å². The number of anilines is 2. The van der Waals surface area contributed by atoms with Crippen molar-refractivity contribution in [3.05, 3.63) is 76.7 Å². The Hall–Kier alpha value is -2.90. The van der Waals surface area contributed by atoms with Crippen LogP contribution in [0, 0.1) is 5.82 Å². The minimum Gasteiger partial charge on any atom is -0.322 e. The van der Waals surface area contributed by atoms with Crippen molar-refractivity contribution in [1.82, 2.24) is 4.98 Å². The van der Waals surface area contributed by atoms with Crippen LogP contribution < -0.4 is 10.2 Å². The van der Waals surface area contributed by atoms with Gasteiger partial charge in [0.15, 0.2) is 0 Å². The summed E-state index contributed by atoms with van der Waals surface area (Å²) in [5.41, 5.74) is 1.93. The summed E-state index contributed by atoms with van der Waals surface area (Å²) >= 11 is 7.31. The first kappa shape index (κ1) is 18.5. The van der Waals surface area contributed by atoms with Gasteiger partial charge in [-0.15, -0.1) is 0 Å². The van der Waals surface area contributed by atoms with Crippen LogP contribution >= 0.6 is 23.4 Å². The lowest BCUT2D eigenvalue weighted by atomic mass is 10.2. The maximum atomic E-state index is 13.2. The molecule has 0 saturated heterocycles. The molecule has 0 spiro atoms. The lowest BCUT2D eigenvalue weighted by Crippen LogP contribution is -2.26. The largest absolute Gasteiger partial charge is 0.322 e. The van der Waals surface area contributed by atoms with Gasteiger partial charge < -0.3 is 10.2 Å². The van der Waals surface area contributed by atoms with Crippen molar-refractivity contribution in [2.45, 2.75) is 9.92 Å². The van der Waals surface area contributed by atoms with Crippen LogP contribution in [0.4, 0.5) is 15.8 Å². The van der Waals surface area contributed by atoms with Crippen LogP contribution in [0.5, 0.6) is 0 Å². The third-order valence-corrected chi connectivity index (χ3v) is 5.65. The molecule has 0 fully saturated rings. The Morgan fingerprint density at radius 1 is 1.21 bits per heavy atom. The van der Waals surface area contributed by atoms with Gasteiger partial charge in [0.25, 0.3) is 11.8 Å². The number of rotatable bonds is 2. The Morgan fingerprint density at radius 2 is 2.04 bits per heavy atom. The van der Waals surface area contributed by atoms with Gasteiger partial charge in [0.05, 0.1) is 21.8 Å². The first-order valence-electron chi connectivity index (χ1n) is 8.25. The number of nitrogens with zero attached hydrogens (tertiary/aromatic N) is 2. The van der Waals surface area contributed by atoms with Gasteiger partial charge in [-0.3, -0.25) is 9.59 Å². The van der Waals surface area contributed by atoms with Gasteiger partial charge in [-0.05, 0) is 48.5 Å². The highest BCUT2D eigenvalue weighted by molar-refractivity contribution is 7.99. The monoisotopic (exact) mass is 413 g/mol. The Kier molecular flexibility index (Phi) is 4.78. The second-order valence-corrected chi connectivity index (χ2v) is 7.52. The highest BCUT2D eigenvalue weighted by atomic mass is 35.5. The highest BCUT2D eigenvalue weighted by Crippen LogP contribution is 2.41. The molecule has 2 amide bonds. The summed E-state index contributed by atoms with van der Waals surface area (Å²) < 4.78 is 13.2. The fourth-order valence-electron chi connectivity index (χ4n) is 2.85. The second-order valence-electron chi connectivity index (χ2n) is 6.08.